The summed E-state index contributed by atoms with van der Waals surface area (Å²) in [5.41, 5.74) is 14.3. The van der Waals surface area contributed by atoms with Gasteiger partial charge in [-0.05, 0) is 145 Å². The van der Waals surface area contributed by atoms with Gasteiger partial charge in [-0.2, -0.15) is 0 Å². The molecule has 0 unspecified atom stereocenters. The second-order valence-electron chi connectivity index (χ2n) is 15.6. The molecule has 0 bridgehead atoms. The smallest absolute Gasteiger partial charge is 0.0489 e. The number of allylic oxidation sites excluding steroid dienone is 14. The average molecular weight is 671 g/mol. The molecule has 50 heavy (non-hydrogen) atoms. The minimum Gasteiger partial charge on any atom is -0.343 e. The SMILES string of the molecule is C=C(/C=C\C=C/C)N(C1=CC=C(C(C)(C)Cc2ccc(N(/C(C)=C(/C=C\C(C)=C/C)C(C)(C)CC)C(C)C)cc2)CC1)c1cccc(C)c1C. The zero-order valence-electron chi connectivity index (χ0n) is 33.7. The first-order valence-corrected chi connectivity index (χ1v) is 18.7. The predicted octanol–water partition coefficient (Wildman–Crippen LogP) is 14.1. The fraction of sp³-hybridized carbons (Fsp3) is 0.417. The zero-order valence-corrected chi connectivity index (χ0v) is 33.7. The number of rotatable bonds is 15. The van der Waals surface area contributed by atoms with E-state index in [1.165, 1.54) is 56.2 Å². The van der Waals surface area contributed by atoms with Crippen LogP contribution in [0, 0.1) is 24.7 Å². The van der Waals surface area contributed by atoms with E-state index in [4.69, 9.17) is 0 Å². The molecule has 0 atom stereocenters. The summed E-state index contributed by atoms with van der Waals surface area (Å²) in [7, 11) is 0. The summed E-state index contributed by atoms with van der Waals surface area (Å²) in [5.74, 6) is 0. The predicted molar refractivity (Wildman–Crippen MR) is 224 cm³/mol. The molecule has 0 spiro atoms. The van der Waals surface area contributed by atoms with Crippen molar-refractivity contribution in [1.29, 1.82) is 0 Å². The molecular formula is C48H66N2. The molecule has 0 saturated heterocycles. The maximum atomic E-state index is 4.49. The molecule has 2 heteroatoms. The van der Waals surface area contributed by atoms with Gasteiger partial charge in [0.1, 0.15) is 0 Å². The molecule has 0 aliphatic heterocycles. The molecule has 0 radical (unpaired) electrons. The second-order valence-corrected chi connectivity index (χ2v) is 15.6. The first-order chi connectivity index (χ1) is 23.6. The average Bonchev–Trinajstić information content (AvgIpc) is 3.07. The van der Waals surface area contributed by atoms with Crippen LogP contribution in [0.5, 0.6) is 0 Å². The molecule has 0 heterocycles. The van der Waals surface area contributed by atoms with Crippen LogP contribution in [0.1, 0.15) is 112 Å². The van der Waals surface area contributed by atoms with Crippen LogP contribution in [-0.2, 0) is 6.42 Å². The van der Waals surface area contributed by atoms with Crippen LogP contribution in [0.25, 0.3) is 0 Å². The Hall–Kier alpha value is -4.04. The molecule has 1 aliphatic carbocycles. The van der Waals surface area contributed by atoms with Crippen LogP contribution >= 0.6 is 0 Å². The molecule has 3 rings (SSSR count). The van der Waals surface area contributed by atoms with E-state index in [1.54, 1.807) is 0 Å². The summed E-state index contributed by atoms with van der Waals surface area (Å²) in [4.78, 5) is 4.86. The minimum absolute atomic E-state index is 0.0395. The number of benzene rings is 2. The third-order valence-corrected chi connectivity index (χ3v) is 10.7. The summed E-state index contributed by atoms with van der Waals surface area (Å²) in [5, 5.41) is 0. The lowest BCUT2D eigenvalue weighted by Gasteiger charge is -2.36. The summed E-state index contributed by atoms with van der Waals surface area (Å²) in [6.45, 7) is 33.9. The topological polar surface area (TPSA) is 6.48 Å². The monoisotopic (exact) mass is 671 g/mol. The van der Waals surface area contributed by atoms with Gasteiger partial charge in [-0.25, -0.2) is 0 Å². The minimum atomic E-state index is 0.0395. The molecular weight excluding hydrogens is 605 g/mol. The number of nitrogens with zero attached hydrogens (tertiary/aromatic N) is 2. The maximum Gasteiger partial charge on any atom is 0.0489 e. The summed E-state index contributed by atoms with van der Waals surface area (Å²) in [6, 6.07) is 16.2. The number of anilines is 2. The fourth-order valence-corrected chi connectivity index (χ4v) is 6.94. The highest BCUT2D eigenvalue weighted by atomic mass is 15.2. The molecule has 2 aromatic rings. The largest absolute Gasteiger partial charge is 0.343 e. The van der Waals surface area contributed by atoms with E-state index in [2.05, 4.69) is 191 Å². The first-order valence-electron chi connectivity index (χ1n) is 18.7. The lowest BCUT2D eigenvalue weighted by Crippen LogP contribution is -2.32. The molecule has 0 N–H and O–H groups in total. The lowest BCUT2D eigenvalue weighted by atomic mass is 9.75. The Morgan fingerprint density at radius 2 is 1.56 bits per heavy atom. The lowest BCUT2D eigenvalue weighted by molar-refractivity contribution is 0.424. The highest BCUT2D eigenvalue weighted by Gasteiger charge is 2.28. The fourth-order valence-electron chi connectivity index (χ4n) is 6.94. The van der Waals surface area contributed by atoms with Crippen molar-refractivity contribution < 1.29 is 0 Å². The Morgan fingerprint density at radius 1 is 0.880 bits per heavy atom. The molecule has 268 valence electrons. The molecule has 2 aromatic carbocycles. The van der Waals surface area contributed by atoms with Crippen molar-refractivity contribution >= 4 is 11.4 Å². The van der Waals surface area contributed by atoms with Crippen molar-refractivity contribution in [3.8, 4) is 0 Å². The van der Waals surface area contributed by atoms with Gasteiger partial charge < -0.3 is 9.80 Å². The van der Waals surface area contributed by atoms with Crippen LogP contribution in [0.15, 0.2) is 138 Å². The maximum absolute atomic E-state index is 4.49. The van der Waals surface area contributed by atoms with Gasteiger partial charge in [-0.3, -0.25) is 0 Å². The number of hydrogen-bond acceptors (Lipinski definition) is 2. The van der Waals surface area contributed by atoms with E-state index in [0.717, 1.165) is 31.4 Å². The highest BCUT2D eigenvalue weighted by Crippen LogP contribution is 2.41. The van der Waals surface area contributed by atoms with E-state index in [-0.39, 0.29) is 10.8 Å². The van der Waals surface area contributed by atoms with Crippen molar-refractivity contribution in [3.05, 3.63) is 154 Å². The van der Waals surface area contributed by atoms with Crippen LogP contribution in [0.2, 0.25) is 0 Å². The van der Waals surface area contributed by atoms with Crippen LogP contribution in [-0.4, -0.2) is 6.04 Å². The van der Waals surface area contributed by atoms with Crippen molar-refractivity contribution in [2.75, 3.05) is 9.80 Å². The van der Waals surface area contributed by atoms with E-state index in [1.807, 2.05) is 13.0 Å². The zero-order chi connectivity index (χ0) is 37.2. The van der Waals surface area contributed by atoms with E-state index in [0.29, 0.717) is 6.04 Å². The van der Waals surface area contributed by atoms with Gasteiger partial charge in [0.25, 0.3) is 0 Å². The van der Waals surface area contributed by atoms with Crippen molar-refractivity contribution in [2.24, 2.45) is 10.8 Å². The molecule has 2 nitrogen and oxygen atoms in total. The number of hydrogen-bond donors (Lipinski definition) is 0. The van der Waals surface area contributed by atoms with Crippen molar-refractivity contribution in [2.45, 2.75) is 122 Å². The van der Waals surface area contributed by atoms with Crippen LogP contribution in [0.3, 0.4) is 0 Å². The standard InChI is InChI=1S/C48H66N2/c1-15-18-19-22-38(8)50(46-23-20-21-37(7)39(46)9)44-31-27-42(28-32-44)48(13,14)34-41-25-29-43(30-26-41)49(35(4)5)40(10)45(47(11,12)17-3)33-24-36(6)16-2/h15-16,18-27,29-31,33,35H,8,17,28,32,34H2,1-7,9-14H3/b18-15-,22-19-,33-24-,36-16-,45-40-. The Morgan fingerprint density at radius 3 is 2.12 bits per heavy atom. The third-order valence-electron chi connectivity index (χ3n) is 10.7. The van der Waals surface area contributed by atoms with Gasteiger partial charge in [0.2, 0.25) is 0 Å². The van der Waals surface area contributed by atoms with Gasteiger partial charge in [-0.15, -0.1) is 0 Å². The Kier molecular flexibility index (Phi) is 14.3. The van der Waals surface area contributed by atoms with Gasteiger partial charge in [0.05, 0.1) is 0 Å². The van der Waals surface area contributed by atoms with E-state index >= 15 is 0 Å². The van der Waals surface area contributed by atoms with Gasteiger partial charge >= 0.3 is 0 Å². The number of aryl methyl sites for hydroxylation is 1. The first kappa shape index (κ1) is 40.4. The van der Waals surface area contributed by atoms with Crippen LogP contribution in [0.4, 0.5) is 11.4 Å². The van der Waals surface area contributed by atoms with Gasteiger partial charge in [0, 0.05) is 34.5 Å². The van der Waals surface area contributed by atoms with E-state index < -0.39 is 0 Å². The molecule has 0 amide bonds. The van der Waals surface area contributed by atoms with Gasteiger partial charge in [0.15, 0.2) is 0 Å². The quantitative estimate of drug-likeness (QED) is 0.174. The summed E-state index contributed by atoms with van der Waals surface area (Å²) in [6.07, 6.45) is 23.9. The molecule has 0 fully saturated rings. The van der Waals surface area contributed by atoms with Crippen molar-refractivity contribution in [3.63, 3.8) is 0 Å². The van der Waals surface area contributed by atoms with Crippen LogP contribution < -0.4 is 9.80 Å². The summed E-state index contributed by atoms with van der Waals surface area (Å²) < 4.78 is 0. The normalized spacial score (nSPS) is 15.2. The Bertz CT molecular complexity index is 1690. The van der Waals surface area contributed by atoms with E-state index in [9.17, 15) is 0 Å². The third kappa shape index (κ3) is 10.0. The second kappa shape index (κ2) is 17.8. The molecule has 0 aromatic heterocycles. The van der Waals surface area contributed by atoms with Gasteiger partial charge in [-0.1, -0.05) is 119 Å². The summed E-state index contributed by atoms with van der Waals surface area (Å²) >= 11 is 0. The Labute approximate surface area is 307 Å². The van der Waals surface area contributed by atoms with Crippen molar-refractivity contribution in [1.82, 2.24) is 0 Å². The molecule has 0 saturated carbocycles. The molecule has 1 aliphatic rings. The Balaban J connectivity index is 1.92. The highest BCUT2D eigenvalue weighted by molar-refractivity contribution is 5.66.